The molecule has 2 aromatic carbocycles. The third kappa shape index (κ3) is 7.03. The molecule has 0 fully saturated rings. The number of anilines is 3. The molecule has 7 heteroatoms. The van der Waals surface area contributed by atoms with E-state index in [0.29, 0.717) is 23.6 Å². The van der Waals surface area contributed by atoms with Gasteiger partial charge in [0, 0.05) is 30.5 Å². The van der Waals surface area contributed by atoms with Gasteiger partial charge in [0.1, 0.15) is 0 Å². The molecule has 2 rings (SSSR count). The van der Waals surface area contributed by atoms with Crippen molar-refractivity contribution in [1.82, 2.24) is 5.32 Å². The zero-order chi connectivity index (χ0) is 19.6. The average molecular weight is 366 g/mol. The van der Waals surface area contributed by atoms with Gasteiger partial charge in [-0.25, -0.2) is 4.79 Å². The summed E-state index contributed by atoms with van der Waals surface area (Å²) in [4.78, 5) is 34.7. The second-order valence-electron chi connectivity index (χ2n) is 5.80. The Hall–Kier alpha value is -3.61. The molecule has 0 aliphatic rings. The largest absolute Gasteiger partial charge is 0.334 e. The number of urea groups is 1. The van der Waals surface area contributed by atoms with Crippen molar-refractivity contribution >= 4 is 34.9 Å². The molecule has 0 radical (unpaired) electrons. The molecule has 2 aromatic rings. The van der Waals surface area contributed by atoms with Crippen LogP contribution in [0.3, 0.4) is 0 Å². The van der Waals surface area contributed by atoms with Gasteiger partial charge in [-0.05, 0) is 42.0 Å². The van der Waals surface area contributed by atoms with Crippen LogP contribution >= 0.6 is 0 Å². The highest BCUT2D eigenvalue weighted by molar-refractivity contribution is 5.93. The summed E-state index contributed by atoms with van der Waals surface area (Å²) in [5.74, 6) is -0.302. The minimum atomic E-state index is -0.325. The van der Waals surface area contributed by atoms with Gasteiger partial charge in [0.2, 0.25) is 11.8 Å². The Kier molecular flexibility index (Phi) is 7.13. The summed E-state index contributed by atoms with van der Waals surface area (Å²) in [5, 5.41) is 10.8. The van der Waals surface area contributed by atoms with Crippen molar-refractivity contribution in [2.45, 2.75) is 13.3 Å². The van der Waals surface area contributed by atoms with Crippen LogP contribution in [0.5, 0.6) is 0 Å². The molecule has 0 aromatic heterocycles. The SMILES string of the molecule is C=CCNC(=O)Nc1ccc(NC(=O)Cc2ccc(NC(C)=O)cc2)cc1. The van der Waals surface area contributed by atoms with Gasteiger partial charge in [-0.1, -0.05) is 18.2 Å². The predicted octanol–water partition coefficient (Wildman–Crippen LogP) is 3.13. The second-order valence-corrected chi connectivity index (χ2v) is 5.80. The Morgan fingerprint density at radius 1 is 0.852 bits per heavy atom. The Morgan fingerprint density at radius 3 is 1.93 bits per heavy atom. The third-order valence-corrected chi connectivity index (χ3v) is 3.47. The van der Waals surface area contributed by atoms with E-state index in [1.165, 1.54) is 6.92 Å². The van der Waals surface area contributed by atoms with Gasteiger partial charge in [-0.2, -0.15) is 0 Å². The van der Waals surface area contributed by atoms with E-state index < -0.39 is 0 Å². The number of carbonyl (C=O) groups is 3. The van der Waals surface area contributed by atoms with E-state index in [0.717, 1.165) is 5.56 Å². The monoisotopic (exact) mass is 366 g/mol. The van der Waals surface area contributed by atoms with Crippen LogP contribution in [0.15, 0.2) is 61.2 Å². The van der Waals surface area contributed by atoms with Gasteiger partial charge in [0.05, 0.1) is 6.42 Å². The van der Waals surface area contributed by atoms with Gasteiger partial charge < -0.3 is 21.3 Å². The summed E-state index contributed by atoms with van der Waals surface area (Å²) < 4.78 is 0. The van der Waals surface area contributed by atoms with E-state index in [9.17, 15) is 14.4 Å². The molecular formula is C20H22N4O3. The fourth-order valence-corrected chi connectivity index (χ4v) is 2.28. The first-order valence-electron chi connectivity index (χ1n) is 8.38. The van der Waals surface area contributed by atoms with Crippen molar-refractivity contribution in [3.63, 3.8) is 0 Å². The van der Waals surface area contributed by atoms with E-state index in [1.54, 1.807) is 54.6 Å². The first-order valence-corrected chi connectivity index (χ1v) is 8.38. The molecular weight excluding hydrogens is 344 g/mol. The molecule has 0 bridgehead atoms. The van der Waals surface area contributed by atoms with Gasteiger partial charge in [0.25, 0.3) is 0 Å². The summed E-state index contributed by atoms with van der Waals surface area (Å²) in [5.41, 5.74) is 2.76. The zero-order valence-electron chi connectivity index (χ0n) is 15.0. The molecule has 0 saturated carbocycles. The standard InChI is InChI=1S/C20H22N4O3/c1-3-12-21-20(27)24-18-10-8-17(9-11-18)23-19(26)13-15-4-6-16(7-5-15)22-14(2)25/h3-11H,1,12-13H2,2H3,(H,22,25)(H,23,26)(H2,21,24,27). The zero-order valence-corrected chi connectivity index (χ0v) is 15.0. The molecule has 0 aliphatic heterocycles. The number of hydrogen-bond acceptors (Lipinski definition) is 3. The summed E-state index contributed by atoms with van der Waals surface area (Å²) in [6, 6.07) is 13.6. The van der Waals surface area contributed by atoms with Crippen molar-refractivity contribution < 1.29 is 14.4 Å². The van der Waals surface area contributed by atoms with Gasteiger partial charge in [-0.3, -0.25) is 9.59 Å². The summed E-state index contributed by atoms with van der Waals surface area (Å²) in [6.07, 6.45) is 1.80. The van der Waals surface area contributed by atoms with Crippen LogP contribution in [0.1, 0.15) is 12.5 Å². The number of benzene rings is 2. The molecule has 140 valence electrons. The van der Waals surface area contributed by atoms with Crippen molar-refractivity contribution in [2.75, 3.05) is 22.5 Å². The Morgan fingerprint density at radius 2 is 1.37 bits per heavy atom. The Labute approximate surface area is 157 Å². The Balaban J connectivity index is 1.85. The highest BCUT2D eigenvalue weighted by atomic mass is 16.2. The maximum Gasteiger partial charge on any atom is 0.319 e. The van der Waals surface area contributed by atoms with Gasteiger partial charge in [0.15, 0.2) is 0 Å². The number of rotatable bonds is 7. The van der Waals surface area contributed by atoms with Crippen molar-refractivity contribution in [3.8, 4) is 0 Å². The van der Waals surface area contributed by atoms with E-state index in [1.807, 2.05) is 0 Å². The quantitative estimate of drug-likeness (QED) is 0.567. The summed E-state index contributed by atoms with van der Waals surface area (Å²) in [7, 11) is 0. The molecule has 27 heavy (non-hydrogen) atoms. The van der Waals surface area contributed by atoms with Crippen molar-refractivity contribution in [3.05, 3.63) is 66.7 Å². The minimum Gasteiger partial charge on any atom is -0.334 e. The lowest BCUT2D eigenvalue weighted by Crippen LogP contribution is -2.28. The van der Waals surface area contributed by atoms with Crippen LogP contribution < -0.4 is 21.3 Å². The van der Waals surface area contributed by atoms with Gasteiger partial charge in [-0.15, -0.1) is 6.58 Å². The van der Waals surface area contributed by atoms with E-state index in [-0.39, 0.29) is 24.3 Å². The Bertz CT molecular complexity index is 814. The second kappa shape index (κ2) is 9.76. The molecule has 0 unspecified atom stereocenters. The number of hydrogen-bond donors (Lipinski definition) is 4. The molecule has 4 N–H and O–H groups in total. The fraction of sp³-hybridized carbons (Fsp3) is 0.150. The summed E-state index contributed by atoms with van der Waals surface area (Å²) >= 11 is 0. The maximum atomic E-state index is 12.2. The molecule has 0 aliphatic carbocycles. The number of amides is 4. The molecule has 0 saturated heterocycles. The van der Waals surface area contributed by atoms with Crippen molar-refractivity contribution in [2.24, 2.45) is 0 Å². The topological polar surface area (TPSA) is 99.3 Å². The van der Waals surface area contributed by atoms with Crippen LogP contribution in [0.2, 0.25) is 0 Å². The smallest absolute Gasteiger partial charge is 0.319 e. The van der Waals surface area contributed by atoms with Gasteiger partial charge >= 0.3 is 6.03 Å². The normalized spacial score (nSPS) is 9.81. The predicted molar refractivity (Wildman–Crippen MR) is 107 cm³/mol. The number of carbonyl (C=O) groups excluding carboxylic acids is 3. The highest BCUT2D eigenvalue weighted by Crippen LogP contribution is 2.15. The first kappa shape index (κ1) is 19.7. The van der Waals surface area contributed by atoms with E-state index in [4.69, 9.17) is 0 Å². The average Bonchev–Trinajstić information content (AvgIpc) is 2.63. The summed E-state index contributed by atoms with van der Waals surface area (Å²) in [6.45, 7) is 5.35. The third-order valence-electron chi connectivity index (χ3n) is 3.47. The molecule has 0 atom stereocenters. The minimum absolute atomic E-state index is 0.142. The van der Waals surface area contributed by atoms with Crippen LogP contribution in [0.25, 0.3) is 0 Å². The fourth-order valence-electron chi connectivity index (χ4n) is 2.28. The van der Waals surface area contributed by atoms with Crippen LogP contribution in [-0.4, -0.2) is 24.4 Å². The lowest BCUT2D eigenvalue weighted by molar-refractivity contribution is -0.116. The molecule has 0 spiro atoms. The molecule has 0 heterocycles. The van der Waals surface area contributed by atoms with E-state index in [2.05, 4.69) is 27.8 Å². The first-order chi connectivity index (χ1) is 13.0. The highest BCUT2D eigenvalue weighted by Gasteiger charge is 2.06. The lowest BCUT2D eigenvalue weighted by Gasteiger charge is -2.09. The lowest BCUT2D eigenvalue weighted by atomic mass is 10.1. The van der Waals surface area contributed by atoms with Crippen LogP contribution in [0.4, 0.5) is 21.9 Å². The molecule has 7 nitrogen and oxygen atoms in total. The van der Waals surface area contributed by atoms with E-state index >= 15 is 0 Å². The van der Waals surface area contributed by atoms with Crippen LogP contribution in [-0.2, 0) is 16.0 Å². The molecule has 4 amide bonds. The van der Waals surface area contributed by atoms with Crippen molar-refractivity contribution in [1.29, 1.82) is 0 Å². The maximum absolute atomic E-state index is 12.2. The number of nitrogens with one attached hydrogen (secondary N) is 4. The van der Waals surface area contributed by atoms with Crippen LogP contribution in [0, 0.1) is 0 Å².